The van der Waals surface area contributed by atoms with Crippen molar-refractivity contribution in [3.8, 4) is 5.75 Å². The molecule has 118 valence electrons. The molecule has 0 radical (unpaired) electrons. The summed E-state index contributed by atoms with van der Waals surface area (Å²) in [6.07, 6.45) is 1.09. The van der Waals surface area contributed by atoms with Gasteiger partial charge in [0.2, 0.25) is 5.91 Å². The summed E-state index contributed by atoms with van der Waals surface area (Å²) in [7, 11) is 1.58. The molecule has 0 unspecified atom stereocenters. The number of amides is 3. The predicted octanol–water partition coefficient (Wildman–Crippen LogP) is 3.07. The average molecular weight is 310 g/mol. The number of nitrogens with zero attached hydrogens (tertiary/aromatic N) is 1. The van der Waals surface area contributed by atoms with Gasteiger partial charge in [-0.1, -0.05) is 30.3 Å². The molecule has 2 aromatic carbocycles. The molecule has 1 heterocycles. The third-order valence-electron chi connectivity index (χ3n) is 3.92. The second kappa shape index (κ2) is 6.52. The van der Waals surface area contributed by atoms with Crippen LogP contribution in [-0.4, -0.2) is 30.0 Å². The van der Waals surface area contributed by atoms with Crippen molar-refractivity contribution in [3.63, 3.8) is 0 Å². The third kappa shape index (κ3) is 3.34. The zero-order valence-corrected chi connectivity index (χ0v) is 12.9. The molecule has 0 aromatic heterocycles. The number of methoxy groups -OCH3 is 1. The Morgan fingerprint density at radius 3 is 2.48 bits per heavy atom. The van der Waals surface area contributed by atoms with Gasteiger partial charge in [-0.25, -0.2) is 4.79 Å². The van der Waals surface area contributed by atoms with Gasteiger partial charge in [0.25, 0.3) is 0 Å². The van der Waals surface area contributed by atoms with Crippen molar-refractivity contribution in [2.24, 2.45) is 0 Å². The van der Waals surface area contributed by atoms with Crippen molar-refractivity contribution in [2.75, 3.05) is 12.4 Å². The molecule has 1 fully saturated rings. The first-order chi connectivity index (χ1) is 11.2. The predicted molar refractivity (Wildman–Crippen MR) is 87.4 cm³/mol. The van der Waals surface area contributed by atoms with Gasteiger partial charge in [-0.2, -0.15) is 0 Å². The molecule has 0 bridgehead atoms. The molecule has 1 atom stereocenters. The number of β-lactam (4-membered cyclic amide) rings is 1. The topological polar surface area (TPSA) is 58.6 Å². The molecule has 1 aliphatic rings. The lowest BCUT2D eigenvalue weighted by atomic mass is 9.95. The summed E-state index contributed by atoms with van der Waals surface area (Å²) in [5.41, 5.74) is 1.75. The van der Waals surface area contributed by atoms with E-state index in [0.717, 1.165) is 5.56 Å². The van der Waals surface area contributed by atoms with E-state index in [1.54, 1.807) is 31.4 Å². The second-order valence-corrected chi connectivity index (χ2v) is 5.47. The molecule has 0 saturated carbocycles. The molecule has 5 nitrogen and oxygen atoms in total. The number of carbonyl (C=O) groups is 2. The van der Waals surface area contributed by atoms with Gasteiger partial charge in [-0.3, -0.25) is 9.69 Å². The van der Waals surface area contributed by atoms with Crippen LogP contribution in [0.3, 0.4) is 0 Å². The van der Waals surface area contributed by atoms with Gasteiger partial charge < -0.3 is 10.1 Å². The van der Waals surface area contributed by atoms with Crippen molar-refractivity contribution in [1.29, 1.82) is 0 Å². The Hall–Kier alpha value is -2.82. The molecule has 0 aliphatic carbocycles. The molecule has 0 spiro atoms. The molecule has 3 rings (SSSR count). The van der Waals surface area contributed by atoms with Crippen LogP contribution in [0.2, 0.25) is 0 Å². The largest absolute Gasteiger partial charge is 0.497 e. The summed E-state index contributed by atoms with van der Waals surface area (Å²) in [5, 5.41) is 2.75. The van der Waals surface area contributed by atoms with Gasteiger partial charge in [-0.15, -0.1) is 0 Å². The first-order valence-corrected chi connectivity index (χ1v) is 7.48. The highest BCUT2D eigenvalue weighted by atomic mass is 16.5. The smallest absolute Gasteiger partial charge is 0.328 e. The minimum absolute atomic E-state index is 0.0804. The SMILES string of the molecule is COc1ccc(NC(=O)N2C(=O)C[C@H]2Cc2ccccc2)cc1. The Labute approximate surface area is 134 Å². The minimum atomic E-state index is -0.382. The number of benzene rings is 2. The van der Waals surface area contributed by atoms with E-state index < -0.39 is 0 Å². The van der Waals surface area contributed by atoms with Gasteiger partial charge in [0.05, 0.1) is 13.2 Å². The molecule has 3 amide bonds. The van der Waals surface area contributed by atoms with E-state index in [1.807, 2.05) is 30.3 Å². The van der Waals surface area contributed by atoms with Gasteiger partial charge in [-0.05, 0) is 36.2 Å². The average Bonchev–Trinajstić information content (AvgIpc) is 2.55. The van der Waals surface area contributed by atoms with E-state index in [1.165, 1.54) is 4.90 Å². The van der Waals surface area contributed by atoms with E-state index in [-0.39, 0.29) is 18.0 Å². The van der Waals surface area contributed by atoms with Crippen LogP contribution in [0, 0.1) is 0 Å². The standard InChI is InChI=1S/C18H18N2O3/c1-23-16-9-7-14(8-10-16)19-18(22)20-15(12-17(20)21)11-13-5-3-2-4-6-13/h2-10,15H,11-12H2,1H3,(H,19,22)/t15-/m1/s1. The highest BCUT2D eigenvalue weighted by molar-refractivity contribution is 6.05. The second-order valence-electron chi connectivity index (χ2n) is 5.47. The van der Waals surface area contributed by atoms with Crippen molar-refractivity contribution in [2.45, 2.75) is 18.9 Å². The number of urea groups is 1. The number of nitrogens with one attached hydrogen (secondary N) is 1. The maximum atomic E-state index is 12.3. The quantitative estimate of drug-likeness (QED) is 0.883. The van der Waals surface area contributed by atoms with E-state index in [9.17, 15) is 9.59 Å². The summed E-state index contributed by atoms with van der Waals surface area (Å²) in [4.78, 5) is 25.4. The Morgan fingerprint density at radius 1 is 1.17 bits per heavy atom. The zero-order chi connectivity index (χ0) is 16.2. The molecule has 1 N–H and O–H groups in total. The minimum Gasteiger partial charge on any atom is -0.497 e. The monoisotopic (exact) mass is 310 g/mol. The van der Waals surface area contributed by atoms with Crippen LogP contribution in [0.5, 0.6) is 5.75 Å². The van der Waals surface area contributed by atoms with Crippen molar-refractivity contribution in [3.05, 3.63) is 60.2 Å². The molecule has 5 heteroatoms. The fourth-order valence-electron chi connectivity index (χ4n) is 2.67. The number of hydrogen-bond acceptors (Lipinski definition) is 3. The summed E-state index contributed by atoms with van der Waals surface area (Å²) in [6, 6.07) is 16.4. The molecular formula is C18H18N2O3. The number of carbonyl (C=O) groups excluding carboxylic acids is 2. The summed E-state index contributed by atoms with van der Waals surface area (Å²) in [6.45, 7) is 0. The highest BCUT2D eigenvalue weighted by Gasteiger charge is 2.40. The van der Waals surface area contributed by atoms with Crippen LogP contribution in [-0.2, 0) is 11.2 Å². The van der Waals surface area contributed by atoms with Gasteiger partial charge >= 0.3 is 6.03 Å². The first-order valence-electron chi connectivity index (χ1n) is 7.48. The number of imide groups is 1. The Kier molecular flexibility index (Phi) is 4.28. The first kappa shape index (κ1) is 15.1. The van der Waals surface area contributed by atoms with Crippen LogP contribution in [0.4, 0.5) is 10.5 Å². The number of rotatable bonds is 4. The van der Waals surface area contributed by atoms with Crippen molar-refractivity contribution >= 4 is 17.6 Å². The summed E-state index contributed by atoms with van der Waals surface area (Å²) < 4.78 is 5.08. The lowest BCUT2D eigenvalue weighted by Crippen LogP contribution is -2.57. The maximum Gasteiger partial charge on any atom is 0.328 e. The number of likely N-dealkylation sites (tertiary alicyclic amines) is 1. The van der Waals surface area contributed by atoms with E-state index >= 15 is 0 Å². The molecule has 23 heavy (non-hydrogen) atoms. The van der Waals surface area contributed by atoms with Crippen molar-refractivity contribution < 1.29 is 14.3 Å². The highest BCUT2D eigenvalue weighted by Crippen LogP contribution is 2.25. The molecular weight excluding hydrogens is 292 g/mol. The summed E-state index contributed by atoms with van der Waals surface area (Å²) in [5.74, 6) is 0.571. The number of hydrogen-bond donors (Lipinski definition) is 1. The number of ether oxygens (including phenoxy) is 1. The van der Waals surface area contributed by atoms with Gasteiger partial charge in [0.15, 0.2) is 0 Å². The van der Waals surface area contributed by atoms with Crippen molar-refractivity contribution in [1.82, 2.24) is 4.90 Å². The van der Waals surface area contributed by atoms with E-state index in [4.69, 9.17) is 4.74 Å². The van der Waals surface area contributed by atoms with Gasteiger partial charge in [0.1, 0.15) is 5.75 Å². The van der Waals surface area contributed by atoms with E-state index in [2.05, 4.69) is 5.32 Å². The van der Waals surface area contributed by atoms with Gasteiger partial charge in [0, 0.05) is 12.1 Å². The third-order valence-corrected chi connectivity index (χ3v) is 3.92. The molecule has 1 saturated heterocycles. The lowest BCUT2D eigenvalue weighted by Gasteiger charge is -2.38. The Morgan fingerprint density at radius 2 is 1.87 bits per heavy atom. The van der Waals surface area contributed by atoms with E-state index in [0.29, 0.717) is 24.3 Å². The fourth-order valence-corrected chi connectivity index (χ4v) is 2.67. The zero-order valence-electron chi connectivity index (χ0n) is 12.9. The van der Waals surface area contributed by atoms with Crippen LogP contribution in [0.25, 0.3) is 0 Å². The van der Waals surface area contributed by atoms with Crippen LogP contribution in [0.15, 0.2) is 54.6 Å². The maximum absolute atomic E-state index is 12.3. The fraction of sp³-hybridized carbons (Fsp3) is 0.222. The lowest BCUT2D eigenvalue weighted by molar-refractivity contribution is -0.140. The molecule has 1 aliphatic heterocycles. The summed E-state index contributed by atoms with van der Waals surface area (Å²) >= 11 is 0. The van der Waals surface area contributed by atoms with Crippen LogP contribution >= 0.6 is 0 Å². The van der Waals surface area contributed by atoms with Crippen LogP contribution < -0.4 is 10.1 Å². The van der Waals surface area contributed by atoms with Crippen LogP contribution in [0.1, 0.15) is 12.0 Å². The molecule has 2 aromatic rings. The normalized spacial score (nSPS) is 16.7. The Bertz CT molecular complexity index is 698. The Balaban J connectivity index is 1.64. The number of anilines is 1.